The van der Waals surface area contributed by atoms with E-state index in [9.17, 15) is 0 Å². The normalized spacial score (nSPS) is 4.00. The number of carboxylic acid groups (broad SMARTS) is 40. The fraction of sp³-hybridized carbons (Fsp3) is 0. The predicted molar refractivity (Wildman–Crippen MR) is 443 cm³/mol. The third kappa shape index (κ3) is 2800. The van der Waals surface area contributed by atoms with Crippen LogP contribution < -0.4 is 0 Å². The Morgan fingerprint density at radius 2 is 0.0583 bits per heavy atom. The van der Waals surface area contributed by atoms with Crippen molar-refractivity contribution in [3.63, 3.8) is 0 Å². The average molecular weight is 2840 g/mol. The zero-order valence-corrected chi connectivity index (χ0v) is 153. The third-order valence-electron chi connectivity index (χ3n) is 0. The topological polar surface area (TPSA) is 1150 Å². The van der Waals surface area contributed by atoms with Gasteiger partial charge in [-0.15, -0.1) is 0 Å². The van der Waals surface area contributed by atoms with Crippen LogP contribution in [0.4, 0.5) is 95.9 Å². The molecule has 0 rings (SSSR count). The Morgan fingerprint density at radius 1 is 0.0583 bits per heavy atom. The summed E-state index contributed by atoms with van der Waals surface area (Å²) in [5.74, 6) is 0. The summed E-state index contributed by atoms with van der Waals surface area (Å²) in [6, 6.07) is 0. The van der Waals surface area contributed by atoms with Gasteiger partial charge in [0.2, 0.25) is 0 Å². The Bertz CT molecular complexity index is 1150. The van der Waals surface area contributed by atoms with Gasteiger partial charge < -0.3 is 204 Å². The minimum Gasteiger partial charge on any atom is -0.450 e. The first kappa shape index (κ1) is 407. The molecule has 120 heavy (non-hydrogen) atoms. The summed E-state index contributed by atoms with van der Waals surface area (Å²) >= 11 is 0. The van der Waals surface area contributed by atoms with E-state index in [2.05, 4.69) is 0 Å². The Kier molecular flexibility index (Phi) is 1350. The fourth-order valence-electron chi connectivity index (χ4n) is 0. The zero-order chi connectivity index (χ0) is 71.5. The summed E-state index contributed by atoms with van der Waals surface area (Å²) < 4.78 is 0. The molecule has 0 radical (unpaired) electrons. The van der Waals surface area contributed by atoms with Crippen LogP contribution in [-0.2, 0) is 0 Å². The van der Waals surface area contributed by atoms with Crippen molar-refractivity contribution in [2.75, 3.05) is 0 Å². The van der Waals surface area contributed by atoms with Crippen LogP contribution in [0.1, 0.15) is 0 Å². The molecular weight excluding hydrogens is 2800 g/mol. The van der Waals surface area contributed by atoms with Gasteiger partial charge in [0, 0.05) is 0 Å². The number of hydrogen-bond acceptors (Lipinski definition) is 20. The monoisotopic (exact) mass is 2840 g/mol. The second-order valence-corrected chi connectivity index (χ2v) is 5.65. The van der Waals surface area contributed by atoms with Crippen LogP contribution in [0.2, 0.25) is 0 Å². The molecule has 0 fully saturated rings. The van der Waals surface area contributed by atoms with E-state index >= 15 is 0 Å². The van der Waals surface area contributed by atoms with Gasteiger partial charge in [0.15, 0.2) is 0 Å². The maximum absolute atomic E-state index is 8.56. The van der Waals surface area contributed by atoms with Crippen molar-refractivity contribution in [1.82, 2.24) is 0 Å². The summed E-state index contributed by atoms with van der Waals surface area (Å²) in [6.45, 7) is 0. The second kappa shape index (κ2) is 399. The standard InChI is InChI=1S/20CH2O3.40Ca/c20*2-1(3)4;;;;;;;;;;;;;;;;;;;;;;;;;;;;;;;;;;;;;;;;/h20*(H2,2,3,4);;;;;;;;;;;;;;;;;;;;;;;;;;;;;;;;;;;;;;;;/q;;;;;;;;;;;;;;;;;;;;40*+2. The quantitative estimate of drug-likeness (QED) is 0.100. The van der Waals surface area contributed by atoms with Crippen molar-refractivity contribution in [3.05, 3.63) is 0 Å². The van der Waals surface area contributed by atoms with Crippen LogP contribution in [0, 0.1) is 0 Å². The van der Waals surface area contributed by atoms with Crippen LogP contribution in [0.25, 0.3) is 0 Å². The molecule has 0 saturated heterocycles. The van der Waals surface area contributed by atoms with Crippen molar-refractivity contribution in [3.8, 4) is 0 Å². The first-order valence-corrected chi connectivity index (χ1v) is 13.0. The predicted octanol–water partition coefficient (Wildman–Crippen LogP) is -10.8. The maximum Gasteiger partial charge on any atom is 2.00 e. The van der Waals surface area contributed by atoms with Crippen LogP contribution in [0.5, 0.6) is 0 Å². The van der Waals surface area contributed by atoms with Crippen molar-refractivity contribution < 1.29 is 300 Å². The van der Waals surface area contributed by atoms with Gasteiger partial charge in [-0.3, -0.25) is 0 Å². The molecule has 0 atom stereocenters. The molecule has 480 valence electrons. The van der Waals surface area contributed by atoms with E-state index in [0.29, 0.717) is 0 Å². The molecule has 0 amide bonds. The number of carbonyl (C=O) groups is 20. The van der Waals surface area contributed by atoms with Gasteiger partial charge in [-0.25, -0.2) is 95.9 Å². The molecule has 0 aromatic carbocycles. The smallest absolute Gasteiger partial charge is 0.450 e. The Balaban J connectivity index is -0.00000000535. The molecule has 0 heterocycles. The molecule has 0 saturated carbocycles. The minimum atomic E-state index is -1.83. The summed E-state index contributed by atoms with van der Waals surface area (Å²) in [6.07, 6.45) is -36.7. The van der Waals surface area contributed by atoms with Crippen molar-refractivity contribution in [2.24, 2.45) is 0 Å². The molecule has 60 nitrogen and oxygen atoms in total. The van der Waals surface area contributed by atoms with E-state index in [4.69, 9.17) is 300 Å². The van der Waals surface area contributed by atoms with Crippen LogP contribution >= 0.6 is 0 Å². The average Bonchev–Trinajstić information content (AvgIpc) is 2.99. The van der Waals surface area contributed by atoms with E-state index in [-0.39, 0.29) is 1510 Å². The molecule has 0 aliphatic rings. The molecule has 0 spiro atoms. The molecular formula is C20H40Ca40O60+80. The van der Waals surface area contributed by atoms with Gasteiger partial charge in [0.25, 0.3) is 0 Å². The third-order valence-corrected chi connectivity index (χ3v) is 0. The van der Waals surface area contributed by atoms with E-state index < -0.39 is 123 Å². The van der Waals surface area contributed by atoms with Crippen molar-refractivity contribution in [1.29, 1.82) is 0 Å². The van der Waals surface area contributed by atoms with Gasteiger partial charge >= 0.3 is 1630 Å². The summed E-state index contributed by atoms with van der Waals surface area (Å²) in [4.78, 5) is 171. The Hall–Kier alpha value is 35.8. The molecule has 0 aromatic heterocycles. The Labute approximate surface area is 1870 Å². The first-order valence-electron chi connectivity index (χ1n) is 13.0. The van der Waals surface area contributed by atoms with Gasteiger partial charge in [-0.05, 0) is 0 Å². The van der Waals surface area contributed by atoms with Gasteiger partial charge in [-0.1, -0.05) is 0 Å². The first-order chi connectivity index (χ1) is 34.6. The summed E-state index contributed by atoms with van der Waals surface area (Å²) in [7, 11) is 0. The Morgan fingerprint density at radius 3 is 0.0583 bits per heavy atom. The maximum atomic E-state index is 8.56. The molecule has 40 N–H and O–H groups in total. The molecule has 100 heteroatoms. The zero-order valence-electron chi connectivity index (χ0n) is 64.3. The summed E-state index contributed by atoms with van der Waals surface area (Å²) in [5.41, 5.74) is 0. The van der Waals surface area contributed by atoms with E-state index in [0.717, 1.165) is 0 Å². The number of hydrogen-bond donors (Lipinski definition) is 40. The minimum absolute atomic E-state index is 0. The molecule has 0 aliphatic carbocycles. The van der Waals surface area contributed by atoms with Crippen LogP contribution in [0.15, 0.2) is 0 Å². The SMILES string of the molecule is O=C(O)O.O=C(O)O.O=C(O)O.O=C(O)O.O=C(O)O.O=C(O)O.O=C(O)O.O=C(O)O.O=C(O)O.O=C(O)O.O=C(O)O.O=C(O)O.O=C(O)O.O=C(O)O.O=C(O)O.O=C(O)O.O=C(O)O.O=C(O)O.O=C(O)O.O=C(O)O.[Ca+2].[Ca+2].[Ca+2].[Ca+2].[Ca+2].[Ca+2].[Ca+2].[Ca+2].[Ca+2].[Ca+2].[Ca+2].[Ca+2].[Ca+2].[Ca+2].[Ca+2].[Ca+2].[Ca+2].[Ca+2].[Ca+2].[Ca+2].[Ca+2].[Ca+2].[Ca+2].[Ca+2].[Ca+2].[Ca+2].[Ca+2].[Ca+2].[Ca+2].[Ca+2].[Ca+2].[Ca+2].[Ca+2].[Ca+2].[Ca+2].[Ca+2].[Ca+2].[Ca+2].[Ca+2].[Ca+2]. The number of rotatable bonds is 0. The largest absolute Gasteiger partial charge is 2.00 e. The molecule has 0 aromatic rings. The van der Waals surface area contributed by atoms with Crippen LogP contribution in [0.3, 0.4) is 0 Å². The second-order valence-electron chi connectivity index (χ2n) is 5.65. The molecule has 0 unspecified atom stereocenters. The van der Waals surface area contributed by atoms with E-state index in [1.807, 2.05) is 0 Å². The van der Waals surface area contributed by atoms with Gasteiger partial charge in [0.05, 0.1) is 0 Å². The van der Waals surface area contributed by atoms with Gasteiger partial charge in [-0.2, -0.15) is 0 Å². The van der Waals surface area contributed by atoms with Crippen LogP contribution in [-0.4, -0.2) is 1840 Å². The fourth-order valence-corrected chi connectivity index (χ4v) is 0. The molecule has 0 bridgehead atoms. The van der Waals surface area contributed by atoms with Crippen molar-refractivity contribution in [2.45, 2.75) is 0 Å². The summed E-state index contributed by atoms with van der Waals surface area (Å²) in [5, 5.41) is 279. The molecule has 0 aliphatic heterocycles. The van der Waals surface area contributed by atoms with E-state index in [1.54, 1.807) is 0 Å². The van der Waals surface area contributed by atoms with E-state index in [1.165, 1.54) is 0 Å². The van der Waals surface area contributed by atoms with Gasteiger partial charge in [0.1, 0.15) is 0 Å². The van der Waals surface area contributed by atoms with Crippen molar-refractivity contribution >= 4 is 1630 Å².